The Balaban J connectivity index is 1.28. The molecule has 140 valence electrons. The van der Waals surface area contributed by atoms with E-state index in [4.69, 9.17) is 0 Å². The number of thiophene rings is 1. The fraction of sp³-hybridized carbons (Fsp3) is 0.333. The molecule has 0 N–H and O–H groups in total. The molecular formula is C18H20N6OS2. The molecule has 0 spiro atoms. The smallest absolute Gasteiger partial charge is 0.233 e. The second-order valence-electron chi connectivity index (χ2n) is 6.23. The van der Waals surface area contributed by atoms with Crippen molar-refractivity contribution in [2.24, 2.45) is 0 Å². The van der Waals surface area contributed by atoms with Crippen LogP contribution in [0.4, 0.5) is 0 Å². The van der Waals surface area contributed by atoms with Gasteiger partial charge in [-0.1, -0.05) is 36.0 Å². The molecule has 27 heavy (non-hydrogen) atoms. The lowest BCUT2D eigenvalue weighted by Crippen LogP contribution is -2.48. The molecule has 3 aromatic rings. The SMILES string of the molecule is O=C(CSc1nnnn1-c1ccccc1)N1CCN(Cc2cccs2)CC1. The fourth-order valence-corrected chi connectivity index (χ4v) is 4.54. The third kappa shape index (κ3) is 4.55. The first-order valence-electron chi connectivity index (χ1n) is 8.79. The second kappa shape index (κ2) is 8.64. The number of tetrazole rings is 1. The van der Waals surface area contributed by atoms with E-state index in [0.717, 1.165) is 38.4 Å². The molecular weight excluding hydrogens is 380 g/mol. The summed E-state index contributed by atoms with van der Waals surface area (Å²) in [5, 5.41) is 14.6. The van der Waals surface area contributed by atoms with E-state index in [1.54, 1.807) is 16.0 Å². The van der Waals surface area contributed by atoms with Gasteiger partial charge in [-0.25, -0.2) is 0 Å². The van der Waals surface area contributed by atoms with Gasteiger partial charge in [0.05, 0.1) is 11.4 Å². The molecule has 1 aliphatic rings. The molecule has 9 heteroatoms. The highest BCUT2D eigenvalue weighted by Crippen LogP contribution is 2.19. The van der Waals surface area contributed by atoms with Crippen LogP contribution in [-0.2, 0) is 11.3 Å². The minimum atomic E-state index is 0.137. The molecule has 1 aromatic carbocycles. The van der Waals surface area contributed by atoms with Gasteiger partial charge in [-0.15, -0.1) is 16.4 Å². The first-order valence-corrected chi connectivity index (χ1v) is 10.7. The van der Waals surface area contributed by atoms with Crippen LogP contribution in [0.2, 0.25) is 0 Å². The number of rotatable bonds is 6. The van der Waals surface area contributed by atoms with E-state index < -0.39 is 0 Å². The topological polar surface area (TPSA) is 67.2 Å². The maximum Gasteiger partial charge on any atom is 0.233 e. The summed E-state index contributed by atoms with van der Waals surface area (Å²) >= 11 is 3.16. The van der Waals surface area contributed by atoms with Crippen molar-refractivity contribution in [3.8, 4) is 5.69 Å². The van der Waals surface area contributed by atoms with E-state index in [9.17, 15) is 4.79 Å². The van der Waals surface area contributed by atoms with Crippen molar-refractivity contribution in [2.75, 3.05) is 31.9 Å². The molecule has 0 unspecified atom stereocenters. The van der Waals surface area contributed by atoms with Crippen molar-refractivity contribution in [2.45, 2.75) is 11.7 Å². The number of aromatic nitrogens is 4. The molecule has 1 fully saturated rings. The Bertz CT molecular complexity index is 859. The highest BCUT2D eigenvalue weighted by atomic mass is 32.2. The number of thioether (sulfide) groups is 1. The summed E-state index contributed by atoms with van der Waals surface area (Å²) in [6, 6.07) is 13.9. The minimum Gasteiger partial charge on any atom is -0.339 e. The van der Waals surface area contributed by atoms with Crippen LogP contribution in [0.25, 0.3) is 5.69 Å². The van der Waals surface area contributed by atoms with Crippen molar-refractivity contribution in [1.82, 2.24) is 30.0 Å². The van der Waals surface area contributed by atoms with Crippen molar-refractivity contribution in [3.63, 3.8) is 0 Å². The molecule has 2 aromatic heterocycles. The van der Waals surface area contributed by atoms with Gasteiger partial charge in [-0.3, -0.25) is 9.69 Å². The maximum absolute atomic E-state index is 12.6. The third-order valence-corrected chi connectivity index (χ3v) is 6.22. The molecule has 1 aliphatic heterocycles. The van der Waals surface area contributed by atoms with Crippen LogP contribution in [0.1, 0.15) is 4.88 Å². The number of amides is 1. The van der Waals surface area contributed by atoms with Crippen LogP contribution in [0.15, 0.2) is 53.0 Å². The summed E-state index contributed by atoms with van der Waals surface area (Å²) in [6.07, 6.45) is 0. The largest absolute Gasteiger partial charge is 0.339 e. The number of carbonyl (C=O) groups is 1. The molecule has 4 rings (SSSR count). The number of hydrogen-bond donors (Lipinski definition) is 0. The molecule has 1 amide bonds. The van der Waals surface area contributed by atoms with Crippen molar-refractivity contribution in [3.05, 3.63) is 52.7 Å². The quantitative estimate of drug-likeness (QED) is 0.591. The lowest BCUT2D eigenvalue weighted by Gasteiger charge is -2.34. The maximum atomic E-state index is 12.6. The summed E-state index contributed by atoms with van der Waals surface area (Å²) in [5.74, 6) is 0.483. The van der Waals surface area contributed by atoms with Crippen LogP contribution in [0, 0.1) is 0 Å². The average Bonchev–Trinajstić information content (AvgIpc) is 3.39. The zero-order valence-electron chi connectivity index (χ0n) is 14.8. The number of hydrogen-bond acceptors (Lipinski definition) is 7. The standard InChI is InChI=1S/C18H20N6OS2/c25-17(23-10-8-22(9-11-23)13-16-7-4-12-26-16)14-27-18-19-20-21-24(18)15-5-2-1-3-6-15/h1-7,12H,8-11,13-14H2. The predicted molar refractivity (Wildman–Crippen MR) is 106 cm³/mol. The highest BCUT2D eigenvalue weighted by molar-refractivity contribution is 7.99. The van der Waals surface area contributed by atoms with Gasteiger partial charge in [-0.05, 0) is 34.0 Å². The van der Waals surface area contributed by atoms with E-state index in [0.29, 0.717) is 10.9 Å². The zero-order valence-corrected chi connectivity index (χ0v) is 16.4. The van der Waals surface area contributed by atoms with Crippen LogP contribution >= 0.6 is 23.1 Å². The van der Waals surface area contributed by atoms with E-state index in [-0.39, 0.29) is 5.91 Å². The summed E-state index contributed by atoms with van der Waals surface area (Å²) in [7, 11) is 0. The van der Waals surface area contributed by atoms with Crippen LogP contribution in [0.3, 0.4) is 0 Å². The van der Waals surface area contributed by atoms with E-state index >= 15 is 0 Å². The zero-order chi connectivity index (χ0) is 18.5. The van der Waals surface area contributed by atoms with Gasteiger partial charge in [0.15, 0.2) is 0 Å². The molecule has 7 nitrogen and oxygen atoms in total. The number of piperazine rings is 1. The van der Waals surface area contributed by atoms with E-state index in [1.165, 1.54) is 16.6 Å². The molecule has 0 atom stereocenters. The van der Waals surface area contributed by atoms with Crippen LogP contribution < -0.4 is 0 Å². The number of nitrogens with zero attached hydrogens (tertiary/aromatic N) is 6. The minimum absolute atomic E-state index is 0.137. The Labute approximate surface area is 166 Å². The number of benzene rings is 1. The molecule has 0 radical (unpaired) electrons. The van der Waals surface area contributed by atoms with E-state index in [2.05, 4.69) is 37.9 Å². The molecule has 1 saturated heterocycles. The van der Waals surface area contributed by atoms with Gasteiger partial charge < -0.3 is 4.90 Å². The lowest BCUT2D eigenvalue weighted by atomic mass is 10.3. The summed E-state index contributed by atoms with van der Waals surface area (Å²) in [6.45, 7) is 4.34. The first-order chi connectivity index (χ1) is 13.3. The van der Waals surface area contributed by atoms with Crippen molar-refractivity contribution < 1.29 is 4.79 Å². The van der Waals surface area contributed by atoms with Gasteiger partial charge in [0.1, 0.15) is 0 Å². The van der Waals surface area contributed by atoms with Gasteiger partial charge >= 0.3 is 0 Å². The average molecular weight is 401 g/mol. The lowest BCUT2D eigenvalue weighted by molar-refractivity contribution is -0.130. The number of para-hydroxylation sites is 1. The van der Waals surface area contributed by atoms with Crippen molar-refractivity contribution >= 4 is 29.0 Å². The van der Waals surface area contributed by atoms with Gasteiger partial charge in [-0.2, -0.15) is 4.68 Å². The van der Waals surface area contributed by atoms with Gasteiger partial charge in [0.25, 0.3) is 0 Å². The second-order valence-corrected chi connectivity index (χ2v) is 8.21. The summed E-state index contributed by atoms with van der Waals surface area (Å²) in [4.78, 5) is 18.3. The Morgan fingerprint density at radius 2 is 1.89 bits per heavy atom. The monoisotopic (exact) mass is 400 g/mol. The normalized spacial score (nSPS) is 15.2. The van der Waals surface area contributed by atoms with E-state index in [1.807, 2.05) is 35.2 Å². The Morgan fingerprint density at radius 1 is 1.07 bits per heavy atom. The fourth-order valence-electron chi connectivity index (χ4n) is 3.00. The molecule has 0 aliphatic carbocycles. The van der Waals surface area contributed by atoms with Gasteiger partial charge in [0, 0.05) is 37.6 Å². The first kappa shape index (κ1) is 18.1. The third-order valence-electron chi connectivity index (χ3n) is 4.45. The summed E-state index contributed by atoms with van der Waals surface area (Å²) < 4.78 is 1.66. The van der Waals surface area contributed by atoms with Crippen LogP contribution in [0.5, 0.6) is 0 Å². The van der Waals surface area contributed by atoms with Gasteiger partial charge in [0.2, 0.25) is 11.1 Å². The number of carbonyl (C=O) groups excluding carboxylic acids is 1. The van der Waals surface area contributed by atoms with Crippen LogP contribution in [-0.4, -0.2) is 67.8 Å². The molecule has 0 bridgehead atoms. The summed E-state index contributed by atoms with van der Waals surface area (Å²) in [5.41, 5.74) is 0.889. The highest BCUT2D eigenvalue weighted by Gasteiger charge is 2.22. The Hall–Kier alpha value is -2.23. The molecule has 0 saturated carbocycles. The Morgan fingerprint density at radius 3 is 2.63 bits per heavy atom. The predicted octanol–water partition coefficient (Wildman–Crippen LogP) is 2.16. The Kier molecular flexibility index (Phi) is 5.81. The molecule has 3 heterocycles. The van der Waals surface area contributed by atoms with Crippen molar-refractivity contribution in [1.29, 1.82) is 0 Å².